The zero-order valence-corrected chi connectivity index (χ0v) is 14.0. The highest BCUT2D eigenvalue weighted by molar-refractivity contribution is 5.44. The largest absolute Gasteiger partial charge is 0.508 e. The van der Waals surface area contributed by atoms with Gasteiger partial charge in [-0.05, 0) is 35.3 Å². The van der Waals surface area contributed by atoms with Crippen LogP contribution in [0.25, 0.3) is 0 Å². The van der Waals surface area contributed by atoms with Gasteiger partial charge < -0.3 is 5.11 Å². The van der Waals surface area contributed by atoms with Gasteiger partial charge in [0.05, 0.1) is 0 Å². The van der Waals surface area contributed by atoms with Crippen LogP contribution in [-0.4, -0.2) is 5.11 Å². The van der Waals surface area contributed by atoms with E-state index in [1.54, 1.807) is 0 Å². The second kappa shape index (κ2) is 5.71. The van der Waals surface area contributed by atoms with E-state index in [0.29, 0.717) is 11.7 Å². The summed E-state index contributed by atoms with van der Waals surface area (Å²) in [5.74, 6) is 0.704. The third-order valence-corrected chi connectivity index (χ3v) is 4.16. The first-order valence-electron chi connectivity index (χ1n) is 7.86. The average molecular weight is 284 g/mol. The Labute approximate surface area is 129 Å². The molecule has 21 heavy (non-hydrogen) atoms. The fourth-order valence-corrected chi connectivity index (χ4v) is 3.51. The van der Waals surface area contributed by atoms with Gasteiger partial charge in [0, 0.05) is 11.5 Å². The van der Waals surface area contributed by atoms with Crippen molar-refractivity contribution in [3.8, 4) is 5.75 Å². The highest BCUT2D eigenvalue weighted by Gasteiger charge is 2.28. The number of phenols is 1. The van der Waals surface area contributed by atoms with Crippen molar-refractivity contribution >= 4 is 0 Å². The fourth-order valence-electron chi connectivity index (χ4n) is 3.51. The number of aromatic hydroxyl groups is 1. The first-order valence-corrected chi connectivity index (χ1v) is 7.86. The minimum atomic E-state index is 0.106. The normalized spacial score (nSPS) is 19.0. The zero-order valence-electron chi connectivity index (χ0n) is 14.0. The van der Waals surface area contributed by atoms with Crippen molar-refractivity contribution in [1.82, 2.24) is 0 Å². The number of hydrogen-bond donors (Lipinski definition) is 1. The maximum atomic E-state index is 10.2. The molecule has 1 unspecified atom stereocenters. The average Bonchev–Trinajstić information content (AvgIpc) is 2.37. The van der Waals surface area contributed by atoms with Gasteiger partial charge in [0.25, 0.3) is 0 Å². The van der Waals surface area contributed by atoms with E-state index in [2.05, 4.69) is 71.1 Å². The topological polar surface area (TPSA) is 20.2 Å². The summed E-state index contributed by atoms with van der Waals surface area (Å²) in [5, 5.41) is 10.2. The van der Waals surface area contributed by atoms with Crippen LogP contribution in [0.3, 0.4) is 0 Å². The molecule has 0 fully saturated rings. The molecule has 1 aromatic carbocycles. The van der Waals surface area contributed by atoms with Crippen LogP contribution in [0, 0.1) is 5.41 Å². The molecule has 0 aliphatic heterocycles. The molecule has 1 heteroatoms. The molecule has 0 spiro atoms. The van der Waals surface area contributed by atoms with Gasteiger partial charge in [-0.3, -0.25) is 0 Å². The van der Waals surface area contributed by atoms with Gasteiger partial charge in [0.2, 0.25) is 0 Å². The van der Waals surface area contributed by atoms with Gasteiger partial charge >= 0.3 is 0 Å². The SMILES string of the molecule is CC(C)(C)CC(C)(C)c1ccc(O)c(C2C=CC=CC2)c1. The van der Waals surface area contributed by atoms with Crippen molar-refractivity contribution in [3.63, 3.8) is 0 Å². The number of phenolic OH excluding ortho intramolecular Hbond substituents is 1. The lowest BCUT2D eigenvalue weighted by Gasteiger charge is -2.33. The van der Waals surface area contributed by atoms with E-state index in [1.165, 1.54) is 5.56 Å². The van der Waals surface area contributed by atoms with Crippen molar-refractivity contribution in [2.75, 3.05) is 0 Å². The van der Waals surface area contributed by atoms with Gasteiger partial charge in [0.15, 0.2) is 0 Å². The summed E-state index contributed by atoms with van der Waals surface area (Å²) in [6.07, 6.45) is 10.6. The molecule has 1 nitrogen and oxygen atoms in total. The summed E-state index contributed by atoms with van der Waals surface area (Å²) < 4.78 is 0. The summed E-state index contributed by atoms with van der Waals surface area (Å²) in [6, 6.07) is 6.14. The Balaban J connectivity index is 2.34. The number of hydrogen-bond acceptors (Lipinski definition) is 1. The molecule has 1 aliphatic rings. The van der Waals surface area contributed by atoms with Crippen molar-refractivity contribution in [3.05, 3.63) is 53.6 Å². The van der Waals surface area contributed by atoms with Crippen LogP contribution in [0.5, 0.6) is 5.75 Å². The lowest BCUT2D eigenvalue weighted by molar-refractivity contribution is 0.284. The van der Waals surface area contributed by atoms with Crippen LogP contribution in [0.15, 0.2) is 42.5 Å². The molecule has 0 radical (unpaired) electrons. The lowest BCUT2D eigenvalue weighted by atomic mass is 9.71. The zero-order chi connectivity index (χ0) is 15.7. The van der Waals surface area contributed by atoms with Gasteiger partial charge in [-0.1, -0.05) is 71.1 Å². The third-order valence-electron chi connectivity index (χ3n) is 4.16. The quantitative estimate of drug-likeness (QED) is 0.754. The standard InChI is InChI=1S/C20H28O/c1-19(2,3)14-20(4,5)16-11-12-18(21)17(13-16)15-9-7-6-8-10-15/h6-9,11-13,15,21H,10,14H2,1-5H3. The Morgan fingerprint density at radius 2 is 1.81 bits per heavy atom. The fraction of sp³-hybridized carbons (Fsp3) is 0.500. The summed E-state index contributed by atoms with van der Waals surface area (Å²) >= 11 is 0. The lowest BCUT2D eigenvalue weighted by Crippen LogP contribution is -2.25. The van der Waals surface area contributed by atoms with E-state index < -0.39 is 0 Å². The number of rotatable bonds is 3. The number of allylic oxidation sites excluding steroid dienone is 4. The van der Waals surface area contributed by atoms with Crippen molar-refractivity contribution in [2.45, 2.75) is 58.8 Å². The predicted molar refractivity (Wildman–Crippen MR) is 90.8 cm³/mol. The molecule has 1 atom stereocenters. The molecule has 1 aliphatic carbocycles. The second-order valence-electron chi connectivity index (χ2n) is 8.05. The summed E-state index contributed by atoms with van der Waals surface area (Å²) in [6.45, 7) is 11.4. The Morgan fingerprint density at radius 3 is 2.38 bits per heavy atom. The predicted octanol–water partition coefficient (Wildman–Crippen LogP) is 5.71. The Hall–Kier alpha value is -1.50. The van der Waals surface area contributed by atoms with Crippen molar-refractivity contribution < 1.29 is 5.11 Å². The molecule has 0 amide bonds. The third kappa shape index (κ3) is 4.00. The molecule has 0 saturated carbocycles. The minimum Gasteiger partial charge on any atom is -0.508 e. The maximum Gasteiger partial charge on any atom is 0.119 e. The Bertz CT molecular complexity index is 556. The van der Waals surface area contributed by atoms with Gasteiger partial charge in [-0.25, -0.2) is 0 Å². The first kappa shape index (κ1) is 15.9. The van der Waals surface area contributed by atoms with Crippen molar-refractivity contribution in [1.29, 1.82) is 0 Å². The van der Waals surface area contributed by atoms with Crippen LogP contribution in [0.2, 0.25) is 0 Å². The molecule has 1 N–H and O–H groups in total. The minimum absolute atomic E-state index is 0.106. The van der Waals surface area contributed by atoms with Gasteiger partial charge in [0.1, 0.15) is 5.75 Å². The van der Waals surface area contributed by atoms with Crippen molar-refractivity contribution in [2.24, 2.45) is 5.41 Å². The molecule has 0 aromatic heterocycles. The van der Waals surface area contributed by atoms with Gasteiger partial charge in [-0.2, -0.15) is 0 Å². The molecule has 114 valence electrons. The summed E-state index contributed by atoms with van der Waals surface area (Å²) in [5.41, 5.74) is 2.76. The van der Waals surface area contributed by atoms with E-state index >= 15 is 0 Å². The Morgan fingerprint density at radius 1 is 1.10 bits per heavy atom. The molecule has 0 saturated heterocycles. The van der Waals surface area contributed by atoms with E-state index in [0.717, 1.165) is 18.4 Å². The van der Waals surface area contributed by atoms with Crippen LogP contribution in [-0.2, 0) is 5.41 Å². The highest BCUT2D eigenvalue weighted by Crippen LogP contribution is 2.40. The molecular formula is C20H28O. The maximum absolute atomic E-state index is 10.2. The van der Waals surface area contributed by atoms with E-state index in [1.807, 2.05) is 6.07 Å². The molecule has 1 aromatic rings. The first-order chi connectivity index (χ1) is 9.69. The Kier molecular flexibility index (Phi) is 4.32. The molecular weight excluding hydrogens is 256 g/mol. The van der Waals surface area contributed by atoms with Crippen LogP contribution in [0.1, 0.15) is 64.5 Å². The summed E-state index contributed by atoms with van der Waals surface area (Å²) in [4.78, 5) is 0. The van der Waals surface area contributed by atoms with Crippen LogP contribution >= 0.6 is 0 Å². The molecule has 2 rings (SSSR count). The van der Waals surface area contributed by atoms with E-state index in [9.17, 15) is 5.11 Å². The summed E-state index contributed by atoms with van der Waals surface area (Å²) in [7, 11) is 0. The number of benzene rings is 1. The van der Waals surface area contributed by atoms with E-state index in [-0.39, 0.29) is 10.8 Å². The van der Waals surface area contributed by atoms with Crippen LogP contribution < -0.4 is 0 Å². The van der Waals surface area contributed by atoms with Gasteiger partial charge in [-0.15, -0.1) is 0 Å². The second-order valence-corrected chi connectivity index (χ2v) is 8.05. The molecule has 0 bridgehead atoms. The van der Waals surface area contributed by atoms with E-state index in [4.69, 9.17) is 0 Å². The highest BCUT2D eigenvalue weighted by atomic mass is 16.3. The van der Waals surface area contributed by atoms with Crippen LogP contribution in [0.4, 0.5) is 0 Å². The molecule has 0 heterocycles. The smallest absolute Gasteiger partial charge is 0.119 e. The monoisotopic (exact) mass is 284 g/mol.